The Labute approximate surface area is 135 Å². The molecule has 0 aromatic rings. The first-order valence-corrected chi connectivity index (χ1v) is 8.57. The summed E-state index contributed by atoms with van der Waals surface area (Å²) in [6.45, 7) is 10.6. The minimum Gasteiger partial charge on any atom is -0.344 e. The fourth-order valence-corrected chi connectivity index (χ4v) is 2.96. The van der Waals surface area contributed by atoms with Crippen molar-refractivity contribution >= 4 is 11.8 Å². The van der Waals surface area contributed by atoms with E-state index in [0.717, 1.165) is 32.5 Å². The van der Waals surface area contributed by atoms with Crippen LogP contribution in [0.1, 0.15) is 47.0 Å². The van der Waals surface area contributed by atoms with Gasteiger partial charge in [0.15, 0.2) is 0 Å². The maximum absolute atomic E-state index is 12.7. The van der Waals surface area contributed by atoms with Gasteiger partial charge in [0, 0.05) is 19.5 Å². The molecule has 0 bridgehead atoms. The number of carbonyl (C=O) groups is 2. The lowest BCUT2D eigenvalue weighted by molar-refractivity contribution is -0.139. The smallest absolute Gasteiger partial charge is 0.245 e. The average Bonchev–Trinajstić information content (AvgIpc) is 2.44. The molecular weight excluding hydrogens is 278 g/mol. The number of hydrogen-bond donors (Lipinski definition) is 2. The highest BCUT2D eigenvalue weighted by Gasteiger charge is 2.31. The van der Waals surface area contributed by atoms with Crippen LogP contribution in [0.25, 0.3) is 0 Å². The van der Waals surface area contributed by atoms with E-state index in [1.54, 1.807) is 0 Å². The highest BCUT2D eigenvalue weighted by atomic mass is 16.2. The third-order valence-electron chi connectivity index (χ3n) is 4.26. The summed E-state index contributed by atoms with van der Waals surface area (Å²) in [4.78, 5) is 26.6. The summed E-state index contributed by atoms with van der Waals surface area (Å²) in [6, 6.07) is -0.396. The van der Waals surface area contributed by atoms with Crippen LogP contribution in [-0.4, -0.2) is 49.4 Å². The predicted octanol–water partition coefficient (Wildman–Crippen LogP) is 1.63. The minimum absolute atomic E-state index is 0.0212. The summed E-state index contributed by atoms with van der Waals surface area (Å²) in [5.41, 5.74) is 0. The molecular formula is C17H33N3O2. The maximum Gasteiger partial charge on any atom is 0.245 e. The van der Waals surface area contributed by atoms with E-state index < -0.39 is 6.04 Å². The van der Waals surface area contributed by atoms with Gasteiger partial charge in [0.25, 0.3) is 0 Å². The van der Waals surface area contributed by atoms with E-state index in [0.29, 0.717) is 18.3 Å². The molecule has 1 fully saturated rings. The maximum atomic E-state index is 12.7. The number of amides is 2. The topological polar surface area (TPSA) is 61.4 Å². The van der Waals surface area contributed by atoms with Gasteiger partial charge in [-0.25, -0.2) is 0 Å². The second-order valence-electron chi connectivity index (χ2n) is 7.21. The SMILES string of the molecule is CNCC1CCN(C(=O)C(NC(=O)CC(C)C)C(C)C)CC1. The highest BCUT2D eigenvalue weighted by molar-refractivity contribution is 5.88. The van der Waals surface area contributed by atoms with Gasteiger partial charge in [-0.1, -0.05) is 27.7 Å². The Morgan fingerprint density at radius 3 is 2.18 bits per heavy atom. The summed E-state index contributed by atoms with van der Waals surface area (Å²) >= 11 is 0. The molecule has 5 heteroatoms. The van der Waals surface area contributed by atoms with Crippen LogP contribution in [0.2, 0.25) is 0 Å². The van der Waals surface area contributed by atoms with Crippen LogP contribution >= 0.6 is 0 Å². The van der Waals surface area contributed by atoms with Crippen LogP contribution in [-0.2, 0) is 9.59 Å². The number of piperidine rings is 1. The van der Waals surface area contributed by atoms with Crippen molar-refractivity contribution in [3.63, 3.8) is 0 Å². The fourth-order valence-electron chi connectivity index (χ4n) is 2.96. The second kappa shape index (κ2) is 9.13. The van der Waals surface area contributed by atoms with E-state index in [1.165, 1.54) is 0 Å². The molecule has 0 spiro atoms. The van der Waals surface area contributed by atoms with Crippen molar-refractivity contribution in [1.82, 2.24) is 15.5 Å². The van der Waals surface area contributed by atoms with Crippen LogP contribution in [0.5, 0.6) is 0 Å². The van der Waals surface area contributed by atoms with E-state index >= 15 is 0 Å². The Morgan fingerprint density at radius 1 is 1.14 bits per heavy atom. The average molecular weight is 311 g/mol. The molecule has 0 aromatic carbocycles. The molecule has 1 rings (SSSR count). The molecule has 0 aromatic heterocycles. The zero-order valence-corrected chi connectivity index (χ0v) is 14.8. The lowest BCUT2D eigenvalue weighted by Gasteiger charge is -2.35. The Bertz CT molecular complexity index is 361. The molecule has 0 saturated carbocycles. The van der Waals surface area contributed by atoms with Crippen molar-refractivity contribution in [3.05, 3.63) is 0 Å². The lowest BCUT2D eigenvalue weighted by atomic mass is 9.95. The third kappa shape index (κ3) is 5.95. The van der Waals surface area contributed by atoms with Crippen molar-refractivity contribution < 1.29 is 9.59 Å². The molecule has 2 amide bonds. The normalized spacial score (nSPS) is 17.9. The Hall–Kier alpha value is -1.10. The molecule has 5 nitrogen and oxygen atoms in total. The van der Waals surface area contributed by atoms with E-state index in [4.69, 9.17) is 0 Å². The van der Waals surface area contributed by atoms with Gasteiger partial charge in [-0.15, -0.1) is 0 Å². The molecule has 0 radical (unpaired) electrons. The van der Waals surface area contributed by atoms with Crippen LogP contribution in [0.15, 0.2) is 0 Å². The molecule has 22 heavy (non-hydrogen) atoms. The van der Waals surface area contributed by atoms with Crippen molar-refractivity contribution in [2.75, 3.05) is 26.7 Å². The van der Waals surface area contributed by atoms with Gasteiger partial charge < -0.3 is 15.5 Å². The summed E-state index contributed by atoms with van der Waals surface area (Å²) in [5.74, 6) is 1.13. The van der Waals surface area contributed by atoms with Crippen LogP contribution < -0.4 is 10.6 Å². The first-order chi connectivity index (χ1) is 10.3. The van der Waals surface area contributed by atoms with Gasteiger partial charge >= 0.3 is 0 Å². The largest absolute Gasteiger partial charge is 0.344 e. The first-order valence-electron chi connectivity index (χ1n) is 8.57. The van der Waals surface area contributed by atoms with Crippen molar-refractivity contribution in [2.24, 2.45) is 17.8 Å². The predicted molar refractivity (Wildman–Crippen MR) is 89.5 cm³/mol. The zero-order chi connectivity index (χ0) is 16.7. The van der Waals surface area contributed by atoms with Crippen molar-refractivity contribution in [2.45, 2.75) is 53.0 Å². The number of nitrogens with one attached hydrogen (secondary N) is 2. The van der Waals surface area contributed by atoms with Gasteiger partial charge in [-0.05, 0) is 44.2 Å². The van der Waals surface area contributed by atoms with Gasteiger partial charge in [0.2, 0.25) is 11.8 Å². The molecule has 0 aliphatic carbocycles. The summed E-state index contributed by atoms with van der Waals surface area (Å²) in [6.07, 6.45) is 2.55. The molecule has 1 atom stereocenters. The van der Waals surface area contributed by atoms with E-state index in [9.17, 15) is 9.59 Å². The molecule has 1 unspecified atom stereocenters. The monoisotopic (exact) mass is 311 g/mol. The van der Waals surface area contributed by atoms with E-state index in [-0.39, 0.29) is 17.7 Å². The minimum atomic E-state index is -0.396. The Morgan fingerprint density at radius 2 is 1.73 bits per heavy atom. The molecule has 128 valence electrons. The standard InChI is InChI=1S/C17H33N3O2/c1-12(2)10-15(21)19-16(13(3)4)17(22)20-8-6-14(7-9-20)11-18-5/h12-14,16,18H,6-11H2,1-5H3,(H,19,21). The van der Waals surface area contributed by atoms with Gasteiger partial charge in [0.1, 0.15) is 6.04 Å². The summed E-state index contributed by atoms with van der Waals surface area (Å²) in [5, 5.41) is 6.15. The van der Waals surface area contributed by atoms with E-state index in [1.807, 2.05) is 39.6 Å². The molecule has 2 N–H and O–H groups in total. The van der Waals surface area contributed by atoms with Gasteiger partial charge in [0.05, 0.1) is 0 Å². The number of hydrogen-bond acceptors (Lipinski definition) is 3. The highest BCUT2D eigenvalue weighted by Crippen LogP contribution is 2.18. The number of carbonyl (C=O) groups excluding carboxylic acids is 2. The van der Waals surface area contributed by atoms with Gasteiger partial charge in [-0.3, -0.25) is 9.59 Å². The Balaban J connectivity index is 2.57. The molecule has 1 aliphatic rings. The number of likely N-dealkylation sites (tertiary alicyclic amines) is 1. The summed E-state index contributed by atoms with van der Waals surface area (Å²) in [7, 11) is 1.97. The van der Waals surface area contributed by atoms with E-state index in [2.05, 4.69) is 10.6 Å². The third-order valence-corrected chi connectivity index (χ3v) is 4.26. The van der Waals surface area contributed by atoms with Crippen LogP contribution in [0, 0.1) is 17.8 Å². The van der Waals surface area contributed by atoms with Crippen LogP contribution in [0.3, 0.4) is 0 Å². The fraction of sp³-hybridized carbons (Fsp3) is 0.882. The van der Waals surface area contributed by atoms with Gasteiger partial charge in [-0.2, -0.15) is 0 Å². The summed E-state index contributed by atoms with van der Waals surface area (Å²) < 4.78 is 0. The lowest BCUT2D eigenvalue weighted by Crippen LogP contribution is -2.53. The molecule has 1 saturated heterocycles. The molecule has 1 aliphatic heterocycles. The Kier molecular flexibility index (Phi) is 7.87. The number of rotatable bonds is 7. The molecule has 1 heterocycles. The number of nitrogens with zero attached hydrogens (tertiary/aromatic N) is 1. The van der Waals surface area contributed by atoms with Crippen molar-refractivity contribution in [3.8, 4) is 0 Å². The zero-order valence-electron chi connectivity index (χ0n) is 14.8. The quantitative estimate of drug-likeness (QED) is 0.751. The van der Waals surface area contributed by atoms with Crippen LogP contribution in [0.4, 0.5) is 0 Å². The first kappa shape index (κ1) is 18.9. The van der Waals surface area contributed by atoms with Crippen molar-refractivity contribution in [1.29, 1.82) is 0 Å². The second-order valence-corrected chi connectivity index (χ2v) is 7.21.